The summed E-state index contributed by atoms with van der Waals surface area (Å²) in [4.78, 5) is 9.03. The van der Waals surface area contributed by atoms with Gasteiger partial charge in [0.2, 0.25) is 0 Å². The Morgan fingerprint density at radius 3 is 2.14 bits per heavy atom. The molecule has 0 saturated heterocycles. The molecule has 0 bridgehead atoms. The molecule has 2 N–H and O–H groups in total. The predicted molar refractivity (Wildman–Crippen MR) is 87.7 cm³/mol. The van der Waals surface area contributed by atoms with Gasteiger partial charge in [-0.25, -0.2) is 4.99 Å². The number of hydrogen-bond donors (Lipinski definition) is 1. The minimum absolute atomic E-state index is 0.580. The Kier molecular flexibility index (Phi) is 2.79. The van der Waals surface area contributed by atoms with E-state index in [1.165, 1.54) is 0 Å². The topological polar surface area (TPSA) is 51.3 Å². The van der Waals surface area contributed by atoms with Gasteiger partial charge in [-0.3, -0.25) is 4.98 Å². The lowest BCUT2D eigenvalue weighted by atomic mass is 9.78. The van der Waals surface area contributed by atoms with Gasteiger partial charge in [0.1, 0.15) is 11.4 Å². The van der Waals surface area contributed by atoms with Crippen LogP contribution >= 0.6 is 0 Å². The maximum atomic E-state index is 6.23. The number of fused-ring (bicyclic) bond motifs is 1. The molecular formula is C19H15N3. The zero-order valence-corrected chi connectivity index (χ0v) is 12.0. The normalized spacial score (nSPS) is 19.5. The number of amidine groups is 1. The van der Waals surface area contributed by atoms with E-state index in [2.05, 4.69) is 23.2 Å². The Hall–Kier alpha value is -2.94. The summed E-state index contributed by atoms with van der Waals surface area (Å²) in [6.07, 6.45) is 3.60. The molecule has 2 aromatic carbocycles. The van der Waals surface area contributed by atoms with Crippen LogP contribution in [0.5, 0.6) is 0 Å². The number of benzene rings is 2. The van der Waals surface area contributed by atoms with Gasteiger partial charge in [-0.1, -0.05) is 54.6 Å². The summed E-state index contributed by atoms with van der Waals surface area (Å²) in [5, 5.41) is 0. The first kappa shape index (κ1) is 12.8. The minimum atomic E-state index is -0.592. The lowest BCUT2D eigenvalue weighted by Crippen LogP contribution is -2.25. The Morgan fingerprint density at radius 1 is 0.727 bits per heavy atom. The third kappa shape index (κ3) is 1.69. The molecule has 1 aliphatic rings. The van der Waals surface area contributed by atoms with E-state index in [4.69, 9.17) is 10.7 Å². The molecule has 106 valence electrons. The zero-order valence-electron chi connectivity index (χ0n) is 12.0. The average molecular weight is 285 g/mol. The van der Waals surface area contributed by atoms with Crippen molar-refractivity contribution in [2.45, 2.75) is 5.54 Å². The summed E-state index contributed by atoms with van der Waals surface area (Å²) >= 11 is 0. The van der Waals surface area contributed by atoms with Crippen molar-refractivity contribution in [1.29, 1.82) is 0 Å². The van der Waals surface area contributed by atoms with Crippen LogP contribution in [0.15, 0.2) is 84.1 Å². The van der Waals surface area contributed by atoms with Crippen LogP contribution in [0, 0.1) is 0 Å². The van der Waals surface area contributed by atoms with E-state index in [0.29, 0.717) is 5.84 Å². The Morgan fingerprint density at radius 2 is 1.36 bits per heavy atom. The molecule has 1 aliphatic heterocycles. The van der Waals surface area contributed by atoms with Crippen molar-refractivity contribution in [3.8, 4) is 0 Å². The molecular weight excluding hydrogens is 270 g/mol. The SMILES string of the molecule is NC1=NC(c2ccccc2)(c2ccncc2)c2ccccc21. The molecule has 3 nitrogen and oxygen atoms in total. The second-order valence-corrected chi connectivity index (χ2v) is 5.35. The number of rotatable bonds is 2. The molecule has 0 amide bonds. The molecule has 0 saturated carbocycles. The van der Waals surface area contributed by atoms with Crippen molar-refractivity contribution < 1.29 is 0 Å². The van der Waals surface area contributed by atoms with E-state index in [0.717, 1.165) is 22.3 Å². The van der Waals surface area contributed by atoms with Crippen molar-refractivity contribution in [1.82, 2.24) is 4.98 Å². The molecule has 0 radical (unpaired) electrons. The molecule has 4 rings (SSSR count). The quantitative estimate of drug-likeness (QED) is 0.786. The summed E-state index contributed by atoms with van der Waals surface area (Å²) in [6.45, 7) is 0. The molecule has 22 heavy (non-hydrogen) atoms. The van der Waals surface area contributed by atoms with Crippen LogP contribution in [-0.2, 0) is 5.54 Å². The fourth-order valence-corrected chi connectivity index (χ4v) is 3.20. The monoisotopic (exact) mass is 285 g/mol. The number of aliphatic imine (C=N–C) groups is 1. The van der Waals surface area contributed by atoms with Gasteiger partial charge in [0, 0.05) is 18.0 Å². The predicted octanol–water partition coefficient (Wildman–Crippen LogP) is 3.09. The molecule has 1 aromatic heterocycles. The highest BCUT2D eigenvalue weighted by molar-refractivity contribution is 6.03. The van der Waals surface area contributed by atoms with E-state index in [1.807, 2.05) is 48.5 Å². The van der Waals surface area contributed by atoms with Crippen molar-refractivity contribution in [3.63, 3.8) is 0 Å². The number of pyridine rings is 1. The van der Waals surface area contributed by atoms with Gasteiger partial charge in [0.05, 0.1) is 0 Å². The summed E-state index contributed by atoms with van der Waals surface area (Å²) in [6, 6.07) is 22.4. The molecule has 0 aliphatic carbocycles. The Balaban J connectivity index is 2.09. The zero-order chi connectivity index (χ0) is 15.0. The van der Waals surface area contributed by atoms with Crippen LogP contribution in [0.3, 0.4) is 0 Å². The highest BCUT2D eigenvalue weighted by Crippen LogP contribution is 2.45. The molecule has 3 heteroatoms. The largest absolute Gasteiger partial charge is 0.383 e. The van der Waals surface area contributed by atoms with Gasteiger partial charge in [-0.2, -0.15) is 0 Å². The van der Waals surface area contributed by atoms with Crippen molar-refractivity contribution in [2.24, 2.45) is 10.7 Å². The third-order valence-electron chi connectivity index (χ3n) is 4.17. The van der Waals surface area contributed by atoms with E-state index in [1.54, 1.807) is 12.4 Å². The minimum Gasteiger partial charge on any atom is -0.383 e. The first-order valence-electron chi connectivity index (χ1n) is 7.23. The highest BCUT2D eigenvalue weighted by Gasteiger charge is 2.42. The van der Waals surface area contributed by atoms with Crippen molar-refractivity contribution in [3.05, 3.63) is 101 Å². The molecule has 0 fully saturated rings. The van der Waals surface area contributed by atoms with E-state index < -0.39 is 5.54 Å². The molecule has 1 unspecified atom stereocenters. The van der Waals surface area contributed by atoms with Gasteiger partial charge in [-0.05, 0) is 28.8 Å². The number of aromatic nitrogens is 1. The van der Waals surface area contributed by atoms with Gasteiger partial charge in [0.25, 0.3) is 0 Å². The van der Waals surface area contributed by atoms with Crippen LogP contribution < -0.4 is 5.73 Å². The Bertz CT molecular complexity index is 799. The van der Waals surface area contributed by atoms with Gasteiger partial charge in [0.15, 0.2) is 0 Å². The van der Waals surface area contributed by atoms with Crippen LogP contribution in [0.2, 0.25) is 0 Å². The maximum absolute atomic E-state index is 6.23. The van der Waals surface area contributed by atoms with Crippen LogP contribution in [0.1, 0.15) is 22.3 Å². The van der Waals surface area contributed by atoms with Crippen molar-refractivity contribution in [2.75, 3.05) is 0 Å². The average Bonchev–Trinajstić information content (AvgIpc) is 2.91. The number of nitrogens with two attached hydrogens (primary N) is 1. The lowest BCUT2D eigenvalue weighted by Gasteiger charge is -2.28. The third-order valence-corrected chi connectivity index (χ3v) is 4.17. The highest BCUT2D eigenvalue weighted by atomic mass is 15.0. The van der Waals surface area contributed by atoms with E-state index >= 15 is 0 Å². The standard InChI is InChI=1S/C19H15N3/c20-18-16-8-4-5-9-17(16)19(22-18,14-6-2-1-3-7-14)15-10-12-21-13-11-15/h1-13H,(H2,20,22). The molecule has 2 heterocycles. The second-order valence-electron chi connectivity index (χ2n) is 5.35. The number of nitrogens with zero attached hydrogens (tertiary/aromatic N) is 2. The fourth-order valence-electron chi connectivity index (χ4n) is 3.20. The summed E-state index contributed by atoms with van der Waals surface area (Å²) in [5.41, 5.74) is 9.93. The fraction of sp³-hybridized carbons (Fsp3) is 0.0526. The van der Waals surface area contributed by atoms with Crippen LogP contribution in [0.4, 0.5) is 0 Å². The lowest BCUT2D eigenvalue weighted by molar-refractivity contribution is 0.670. The summed E-state index contributed by atoms with van der Waals surface area (Å²) in [7, 11) is 0. The van der Waals surface area contributed by atoms with Crippen LogP contribution in [0.25, 0.3) is 0 Å². The molecule has 1 atom stereocenters. The van der Waals surface area contributed by atoms with Crippen LogP contribution in [-0.4, -0.2) is 10.8 Å². The van der Waals surface area contributed by atoms with Gasteiger partial charge in [-0.15, -0.1) is 0 Å². The number of hydrogen-bond acceptors (Lipinski definition) is 3. The summed E-state index contributed by atoms with van der Waals surface area (Å²) < 4.78 is 0. The molecule has 3 aromatic rings. The van der Waals surface area contributed by atoms with Gasteiger partial charge >= 0.3 is 0 Å². The Labute approximate surface area is 129 Å². The van der Waals surface area contributed by atoms with E-state index in [9.17, 15) is 0 Å². The maximum Gasteiger partial charge on any atom is 0.139 e. The van der Waals surface area contributed by atoms with E-state index in [-0.39, 0.29) is 0 Å². The van der Waals surface area contributed by atoms with Gasteiger partial charge < -0.3 is 5.73 Å². The summed E-state index contributed by atoms with van der Waals surface area (Å²) in [5.74, 6) is 0.580. The first-order chi connectivity index (χ1) is 10.8. The van der Waals surface area contributed by atoms with Crippen molar-refractivity contribution >= 4 is 5.84 Å². The first-order valence-corrected chi connectivity index (χ1v) is 7.23. The molecule has 0 spiro atoms. The smallest absolute Gasteiger partial charge is 0.139 e. The second kappa shape index (κ2) is 4.81.